The highest BCUT2D eigenvalue weighted by atomic mass is 19.4. The van der Waals surface area contributed by atoms with Crippen molar-refractivity contribution in [2.75, 3.05) is 25.0 Å². The minimum absolute atomic E-state index is 0.00205. The van der Waals surface area contributed by atoms with Gasteiger partial charge in [0.25, 0.3) is 5.91 Å². The van der Waals surface area contributed by atoms with Crippen molar-refractivity contribution >= 4 is 11.7 Å². The predicted octanol–water partition coefficient (Wildman–Crippen LogP) is 4.37. The van der Waals surface area contributed by atoms with Gasteiger partial charge < -0.3 is 15.2 Å². The molecule has 1 fully saturated rings. The number of pyridine rings is 2. The Balaban J connectivity index is 2.34. The number of aromatic nitrogens is 2. The molecule has 0 atom stereocenters. The van der Waals surface area contributed by atoms with Gasteiger partial charge in [0.2, 0.25) is 5.92 Å². The number of aryl methyl sites for hydroxylation is 2. The molecule has 1 saturated heterocycles. The van der Waals surface area contributed by atoms with Crippen molar-refractivity contribution < 1.29 is 26.7 Å². The first-order chi connectivity index (χ1) is 15.3. The van der Waals surface area contributed by atoms with Crippen molar-refractivity contribution in [1.29, 1.82) is 0 Å². The van der Waals surface area contributed by atoms with Gasteiger partial charge in [-0.1, -0.05) is 0 Å². The highest BCUT2D eigenvalue weighted by Crippen LogP contribution is 2.39. The molecule has 1 aliphatic rings. The molecule has 11 heteroatoms. The lowest BCUT2D eigenvalue weighted by atomic mass is 9.99. The molecule has 2 aromatic rings. The van der Waals surface area contributed by atoms with E-state index in [4.69, 9.17) is 0 Å². The summed E-state index contributed by atoms with van der Waals surface area (Å²) >= 11 is 0. The molecule has 0 aromatic carbocycles. The molecule has 0 aliphatic carbocycles. The molecule has 3 heterocycles. The molecule has 33 heavy (non-hydrogen) atoms. The van der Waals surface area contributed by atoms with Crippen LogP contribution in [-0.4, -0.2) is 41.9 Å². The third-order valence-corrected chi connectivity index (χ3v) is 5.90. The Morgan fingerprint density at radius 3 is 2.45 bits per heavy atom. The predicted molar refractivity (Wildman–Crippen MR) is 114 cm³/mol. The fraction of sp³-hybridized carbons (Fsp3) is 0.500. The van der Waals surface area contributed by atoms with Crippen molar-refractivity contribution in [3.8, 4) is 11.3 Å². The van der Waals surface area contributed by atoms with Gasteiger partial charge in [0.05, 0.1) is 5.69 Å². The molecular weight excluding hydrogens is 447 g/mol. The van der Waals surface area contributed by atoms with Crippen molar-refractivity contribution in [2.24, 2.45) is 0 Å². The third-order valence-electron chi connectivity index (χ3n) is 5.90. The van der Waals surface area contributed by atoms with Crippen LogP contribution in [0.5, 0.6) is 0 Å². The number of aromatic amines is 1. The van der Waals surface area contributed by atoms with E-state index in [0.29, 0.717) is 5.69 Å². The summed E-state index contributed by atoms with van der Waals surface area (Å²) in [6, 6.07) is 1.20. The standard InChI is InChI=1S/C22H25F5N4O2/c1-11-10-14(16-15(20(33)28-4)17(32)12(2)13(3)29-16)19(30-18(11)22(25,26)27)31-8-5-6-21(23,24)7-9-31/h10H,5-9H2,1-4H3,(H,28,33)(H,29,32). The van der Waals surface area contributed by atoms with Gasteiger partial charge in [0.1, 0.15) is 17.1 Å². The van der Waals surface area contributed by atoms with Crippen LogP contribution in [0, 0.1) is 20.8 Å². The largest absolute Gasteiger partial charge is 0.433 e. The third kappa shape index (κ3) is 4.86. The van der Waals surface area contributed by atoms with Crippen LogP contribution >= 0.6 is 0 Å². The van der Waals surface area contributed by atoms with Crippen molar-refractivity contribution in [3.63, 3.8) is 0 Å². The number of amides is 1. The van der Waals surface area contributed by atoms with Gasteiger partial charge >= 0.3 is 6.18 Å². The van der Waals surface area contributed by atoms with Gasteiger partial charge in [-0.25, -0.2) is 13.8 Å². The van der Waals surface area contributed by atoms with Gasteiger partial charge in [0.15, 0.2) is 5.43 Å². The average Bonchev–Trinajstić information content (AvgIpc) is 2.90. The van der Waals surface area contributed by atoms with Gasteiger partial charge in [-0.05, 0) is 38.8 Å². The first kappa shape index (κ1) is 24.7. The molecule has 180 valence electrons. The molecule has 3 rings (SSSR count). The number of anilines is 1. The summed E-state index contributed by atoms with van der Waals surface area (Å²) in [5.74, 6) is -3.86. The molecule has 0 bridgehead atoms. The Kier molecular flexibility index (Phi) is 6.54. The van der Waals surface area contributed by atoms with Crippen molar-refractivity contribution in [3.05, 3.63) is 44.4 Å². The van der Waals surface area contributed by atoms with Crippen molar-refractivity contribution in [2.45, 2.75) is 52.1 Å². The summed E-state index contributed by atoms with van der Waals surface area (Å²) in [6.07, 6.45) is -5.65. The molecule has 0 unspecified atom stereocenters. The molecular formula is C22H25F5N4O2. The normalized spacial score (nSPS) is 16.5. The van der Waals surface area contributed by atoms with Crippen LogP contribution in [0.15, 0.2) is 10.9 Å². The minimum Gasteiger partial charge on any atom is -0.357 e. The zero-order chi connectivity index (χ0) is 24.7. The van der Waals surface area contributed by atoms with E-state index in [1.165, 1.54) is 31.9 Å². The summed E-state index contributed by atoms with van der Waals surface area (Å²) in [7, 11) is 1.33. The Morgan fingerprint density at radius 1 is 1.18 bits per heavy atom. The summed E-state index contributed by atoms with van der Waals surface area (Å²) in [5, 5.41) is 2.38. The molecule has 0 saturated carbocycles. The fourth-order valence-corrected chi connectivity index (χ4v) is 3.95. The zero-order valence-corrected chi connectivity index (χ0v) is 18.7. The number of alkyl halides is 5. The van der Waals surface area contributed by atoms with Crippen LogP contribution in [0.25, 0.3) is 11.3 Å². The smallest absolute Gasteiger partial charge is 0.357 e. The van der Waals surface area contributed by atoms with E-state index in [2.05, 4.69) is 15.3 Å². The Morgan fingerprint density at radius 2 is 1.85 bits per heavy atom. The second-order valence-electron chi connectivity index (χ2n) is 8.25. The maximum atomic E-state index is 13.9. The number of H-pyrrole nitrogens is 1. The van der Waals surface area contributed by atoms with E-state index in [1.807, 2.05) is 0 Å². The lowest BCUT2D eigenvalue weighted by Gasteiger charge is -2.27. The Bertz CT molecular complexity index is 1140. The topological polar surface area (TPSA) is 78.1 Å². The van der Waals surface area contributed by atoms with Crippen LogP contribution in [0.2, 0.25) is 0 Å². The molecule has 2 aromatic heterocycles. The average molecular weight is 472 g/mol. The number of hydrogen-bond acceptors (Lipinski definition) is 4. The number of hydrogen-bond donors (Lipinski definition) is 2. The fourth-order valence-electron chi connectivity index (χ4n) is 3.95. The van der Waals surface area contributed by atoms with E-state index in [-0.39, 0.29) is 59.7 Å². The lowest BCUT2D eigenvalue weighted by molar-refractivity contribution is -0.141. The zero-order valence-electron chi connectivity index (χ0n) is 18.7. The van der Waals surface area contributed by atoms with E-state index in [1.54, 1.807) is 6.92 Å². The summed E-state index contributed by atoms with van der Waals surface area (Å²) in [6.45, 7) is 4.18. The van der Waals surface area contributed by atoms with Gasteiger partial charge in [-0.15, -0.1) is 0 Å². The highest BCUT2D eigenvalue weighted by Gasteiger charge is 2.38. The summed E-state index contributed by atoms with van der Waals surface area (Å²) in [4.78, 5) is 33.7. The van der Waals surface area contributed by atoms with Crippen LogP contribution < -0.4 is 15.6 Å². The SMILES string of the molecule is CNC(=O)c1c(-c2cc(C)c(C(F)(F)F)nc2N2CCCC(F)(F)CC2)[nH]c(C)c(C)c1=O. The molecule has 2 N–H and O–H groups in total. The van der Waals surface area contributed by atoms with E-state index < -0.39 is 35.5 Å². The molecule has 6 nitrogen and oxygen atoms in total. The number of carbonyl (C=O) groups excluding carboxylic acids is 1. The van der Waals surface area contributed by atoms with Gasteiger partial charge in [-0.3, -0.25) is 9.59 Å². The van der Waals surface area contributed by atoms with Crippen molar-refractivity contribution in [1.82, 2.24) is 15.3 Å². The van der Waals surface area contributed by atoms with Crippen LogP contribution in [0.4, 0.5) is 27.8 Å². The monoisotopic (exact) mass is 472 g/mol. The maximum Gasteiger partial charge on any atom is 0.433 e. The van der Waals surface area contributed by atoms with E-state index in [9.17, 15) is 31.5 Å². The number of halogens is 5. The van der Waals surface area contributed by atoms with Crippen LogP contribution in [-0.2, 0) is 6.18 Å². The number of rotatable bonds is 3. The summed E-state index contributed by atoms with van der Waals surface area (Å²) in [5.41, 5.74) is -1.44. The quantitative estimate of drug-likeness (QED) is 0.651. The Labute approximate surface area is 187 Å². The molecule has 0 spiro atoms. The lowest BCUT2D eigenvalue weighted by Crippen LogP contribution is -2.31. The maximum absolute atomic E-state index is 13.9. The number of nitrogens with one attached hydrogen (secondary N) is 2. The first-order valence-corrected chi connectivity index (χ1v) is 10.4. The van der Waals surface area contributed by atoms with E-state index >= 15 is 0 Å². The first-order valence-electron chi connectivity index (χ1n) is 10.4. The molecule has 1 amide bonds. The van der Waals surface area contributed by atoms with Crippen LogP contribution in [0.1, 0.15) is 52.1 Å². The minimum atomic E-state index is -4.77. The molecule has 0 radical (unpaired) electrons. The molecule has 1 aliphatic heterocycles. The highest BCUT2D eigenvalue weighted by molar-refractivity contribution is 6.01. The number of nitrogens with zero attached hydrogens (tertiary/aromatic N) is 2. The second-order valence-corrected chi connectivity index (χ2v) is 8.25. The number of carbonyl (C=O) groups is 1. The summed E-state index contributed by atoms with van der Waals surface area (Å²) < 4.78 is 68.9. The Hall–Kier alpha value is -2.98. The van der Waals surface area contributed by atoms with Gasteiger partial charge in [0, 0.05) is 49.8 Å². The second kappa shape index (κ2) is 8.75. The van der Waals surface area contributed by atoms with Gasteiger partial charge in [-0.2, -0.15) is 13.2 Å². The van der Waals surface area contributed by atoms with Crippen LogP contribution in [0.3, 0.4) is 0 Å². The van der Waals surface area contributed by atoms with E-state index in [0.717, 1.165) is 0 Å².